The van der Waals surface area contributed by atoms with Gasteiger partial charge in [-0.25, -0.2) is 9.18 Å². The molecule has 1 aromatic carbocycles. The molecule has 0 aliphatic carbocycles. The molecular weight excluding hydrogens is 315 g/mol. The van der Waals surface area contributed by atoms with Gasteiger partial charge >= 0.3 is 6.03 Å². The van der Waals surface area contributed by atoms with Crippen molar-refractivity contribution < 1.29 is 14.0 Å². The first kappa shape index (κ1) is 17.5. The number of urea groups is 1. The molecule has 2 aromatic rings. The Morgan fingerprint density at radius 2 is 2.00 bits per heavy atom. The minimum absolute atomic E-state index is 0.259. The van der Waals surface area contributed by atoms with Crippen LogP contribution in [0.15, 0.2) is 18.2 Å². The molecule has 0 unspecified atom stereocenters. The molecule has 3 amide bonds. The second-order valence-electron chi connectivity index (χ2n) is 6.36. The first-order valence-electron chi connectivity index (χ1n) is 7.30. The zero-order valence-electron chi connectivity index (χ0n) is 13.9. The average Bonchev–Trinajstić information content (AvgIpc) is 2.87. The van der Waals surface area contributed by atoms with Crippen LogP contribution in [0.5, 0.6) is 0 Å². The summed E-state index contributed by atoms with van der Waals surface area (Å²) in [5.74, 6) is -0.628. The lowest BCUT2D eigenvalue weighted by atomic mass is 10.1. The minimum atomic E-state index is -0.595. The largest absolute Gasteiger partial charge is 0.333 e. The lowest BCUT2D eigenvalue weighted by Crippen LogP contribution is -2.49. The van der Waals surface area contributed by atoms with E-state index in [1.807, 2.05) is 0 Å². The van der Waals surface area contributed by atoms with Gasteiger partial charge in [-0.3, -0.25) is 10.1 Å². The Bertz CT molecular complexity index is 766. The number of amides is 3. The fourth-order valence-corrected chi connectivity index (χ4v) is 1.88. The van der Waals surface area contributed by atoms with Gasteiger partial charge in [-0.05, 0) is 56.7 Å². The Kier molecular flexibility index (Phi) is 4.91. The summed E-state index contributed by atoms with van der Waals surface area (Å²) in [4.78, 5) is 24.5. The first-order valence-corrected chi connectivity index (χ1v) is 7.30. The Balaban J connectivity index is 1.99. The molecule has 0 atom stereocenters. The van der Waals surface area contributed by atoms with Crippen molar-refractivity contribution in [1.82, 2.24) is 30.8 Å². The molecule has 0 spiro atoms. The van der Waals surface area contributed by atoms with Crippen LogP contribution in [0.25, 0.3) is 11.4 Å². The molecule has 0 bridgehead atoms. The molecule has 0 radical (unpaired) electrons. The number of halogens is 1. The van der Waals surface area contributed by atoms with Gasteiger partial charge in [0.15, 0.2) is 0 Å². The summed E-state index contributed by atoms with van der Waals surface area (Å²) in [6, 6.07) is 3.84. The monoisotopic (exact) mass is 334 g/mol. The lowest BCUT2D eigenvalue weighted by molar-refractivity contribution is -0.121. The molecule has 0 aliphatic heterocycles. The van der Waals surface area contributed by atoms with Crippen LogP contribution in [-0.2, 0) is 11.3 Å². The van der Waals surface area contributed by atoms with E-state index < -0.39 is 17.5 Å². The fraction of sp³-hybridized carbons (Fsp3) is 0.400. The van der Waals surface area contributed by atoms with Crippen LogP contribution in [0.2, 0.25) is 0 Å². The number of rotatable bonds is 3. The van der Waals surface area contributed by atoms with E-state index in [4.69, 9.17) is 0 Å². The number of tetrazole rings is 1. The highest BCUT2D eigenvalue weighted by Crippen LogP contribution is 2.17. The smallest absolute Gasteiger partial charge is 0.321 e. The third-order valence-electron chi connectivity index (χ3n) is 2.90. The van der Waals surface area contributed by atoms with Crippen molar-refractivity contribution in [2.75, 3.05) is 0 Å². The number of aromatic nitrogens is 4. The van der Waals surface area contributed by atoms with Crippen LogP contribution in [0.1, 0.15) is 26.3 Å². The third-order valence-corrected chi connectivity index (χ3v) is 2.90. The molecule has 0 aliphatic rings. The zero-order chi connectivity index (χ0) is 17.9. The Morgan fingerprint density at radius 1 is 1.29 bits per heavy atom. The second kappa shape index (κ2) is 6.73. The number of nitrogens with zero attached hydrogens (tertiary/aromatic N) is 4. The molecule has 9 heteroatoms. The van der Waals surface area contributed by atoms with E-state index in [0.717, 1.165) is 4.80 Å². The van der Waals surface area contributed by atoms with Gasteiger partial charge in [0, 0.05) is 11.1 Å². The molecule has 2 rings (SSSR count). The van der Waals surface area contributed by atoms with Gasteiger partial charge in [-0.1, -0.05) is 0 Å². The number of carbonyl (C=O) groups excluding carboxylic acids is 2. The summed E-state index contributed by atoms with van der Waals surface area (Å²) < 4.78 is 13.3. The normalized spacial score (nSPS) is 11.2. The van der Waals surface area contributed by atoms with Gasteiger partial charge in [0.2, 0.25) is 5.82 Å². The molecule has 0 saturated heterocycles. The first-order chi connectivity index (χ1) is 11.1. The summed E-state index contributed by atoms with van der Waals surface area (Å²) in [7, 11) is 0. The van der Waals surface area contributed by atoms with Gasteiger partial charge in [-0.2, -0.15) is 4.80 Å². The van der Waals surface area contributed by atoms with Crippen molar-refractivity contribution in [1.29, 1.82) is 0 Å². The zero-order valence-corrected chi connectivity index (χ0v) is 13.9. The number of nitrogens with one attached hydrogen (secondary N) is 2. The molecule has 1 heterocycles. The summed E-state index contributed by atoms with van der Waals surface area (Å²) in [6.45, 7) is 6.77. The van der Waals surface area contributed by atoms with Crippen molar-refractivity contribution in [2.24, 2.45) is 0 Å². The maximum absolute atomic E-state index is 13.3. The van der Waals surface area contributed by atoms with E-state index in [1.54, 1.807) is 33.8 Å². The Hall–Kier alpha value is -2.84. The molecule has 0 fully saturated rings. The van der Waals surface area contributed by atoms with Crippen LogP contribution in [0.4, 0.5) is 9.18 Å². The van der Waals surface area contributed by atoms with E-state index in [0.29, 0.717) is 11.1 Å². The summed E-state index contributed by atoms with van der Waals surface area (Å²) in [5, 5.41) is 16.4. The van der Waals surface area contributed by atoms with Crippen molar-refractivity contribution >= 4 is 11.9 Å². The predicted octanol–water partition coefficient (Wildman–Crippen LogP) is 1.41. The van der Waals surface area contributed by atoms with E-state index >= 15 is 0 Å². The molecule has 8 nitrogen and oxygen atoms in total. The molecule has 24 heavy (non-hydrogen) atoms. The van der Waals surface area contributed by atoms with Crippen LogP contribution >= 0.6 is 0 Å². The third kappa shape index (κ3) is 4.83. The van der Waals surface area contributed by atoms with Crippen molar-refractivity contribution in [2.45, 2.75) is 39.8 Å². The van der Waals surface area contributed by atoms with Gasteiger partial charge in [0.25, 0.3) is 5.91 Å². The number of imide groups is 1. The van der Waals surface area contributed by atoms with Gasteiger partial charge < -0.3 is 5.32 Å². The van der Waals surface area contributed by atoms with E-state index in [2.05, 4.69) is 26.0 Å². The molecule has 0 saturated carbocycles. The minimum Gasteiger partial charge on any atom is -0.333 e. The highest BCUT2D eigenvalue weighted by molar-refractivity contribution is 5.94. The van der Waals surface area contributed by atoms with Gasteiger partial charge in [-0.15, -0.1) is 10.2 Å². The van der Waals surface area contributed by atoms with Gasteiger partial charge in [0.05, 0.1) is 0 Å². The maximum atomic E-state index is 13.3. The SMILES string of the molecule is Cc1cc(-c2nnn(CC(=O)NC(=O)NC(C)(C)C)n2)ccc1F. The number of benzene rings is 1. The van der Waals surface area contributed by atoms with E-state index in [9.17, 15) is 14.0 Å². The molecule has 1 aromatic heterocycles. The number of hydrogen-bond donors (Lipinski definition) is 2. The number of aryl methyl sites for hydroxylation is 1. The van der Waals surface area contributed by atoms with Gasteiger partial charge in [0.1, 0.15) is 12.4 Å². The van der Waals surface area contributed by atoms with Crippen LogP contribution in [0, 0.1) is 12.7 Å². The van der Waals surface area contributed by atoms with Crippen molar-refractivity contribution in [3.8, 4) is 11.4 Å². The molecular formula is C15H19FN6O2. The fourth-order valence-electron chi connectivity index (χ4n) is 1.88. The second-order valence-corrected chi connectivity index (χ2v) is 6.36. The standard InChI is InChI=1S/C15H19FN6O2/c1-9-7-10(5-6-11(9)16)13-19-21-22(20-13)8-12(23)17-14(24)18-15(2,3)4/h5-7H,8H2,1-4H3,(H2,17,18,23,24). The topological polar surface area (TPSA) is 102 Å². The summed E-state index contributed by atoms with van der Waals surface area (Å²) in [6.07, 6.45) is 0. The quantitative estimate of drug-likeness (QED) is 0.884. The van der Waals surface area contributed by atoms with Crippen molar-refractivity contribution in [3.05, 3.63) is 29.6 Å². The number of hydrogen-bond acceptors (Lipinski definition) is 5. The Morgan fingerprint density at radius 3 is 2.62 bits per heavy atom. The van der Waals surface area contributed by atoms with Crippen LogP contribution < -0.4 is 10.6 Å². The van der Waals surface area contributed by atoms with Crippen molar-refractivity contribution in [3.63, 3.8) is 0 Å². The van der Waals surface area contributed by atoms with Crippen LogP contribution in [0.3, 0.4) is 0 Å². The highest BCUT2D eigenvalue weighted by atomic mass is 19.1. The van der Waals surface area contributed by atoms with Crippen LogP contribution in [-0.4, -0.2) is 37.7 Å². The number of carbonyl (C=O) groups is 2. The summed E-state index contributed by atoms with van der Waals surface area (Å²) in [5.41, 5.74) is 0.593. The van der Waals surface area contributed by atoms with E-state index in [1.165, 1.54) is 12.1 Å². The molecule has 128 valence electrons. The highest BCUT2D eigenvalue weighted by Gasteiger charge is 2.17. The Labute approximate surface area is 138 Å². The summed E-state index contributed by atoms with van der Waals surface area (Å²) >= 11 is 0. The predicted molar refractivity (Wildman–Crippen MR) is 84.4 cm³/mol. The molecule has 2 N–H and O–H groups in total. The van der Waals surface area contributed by atoms with E-state index in [-0.39, 0.29) is 18.2 Å². The lowest BCUT2D eigenvalue weighted by Gasteiger charge is -2.20. The maximum Gasteiger partial charge on any atom is 0.321 e. The average molecular weight is 334 g/mol.